The van der Waals surface area contributed by atoms with E-state index in [2.05, 4.69) is 0 Å². The van der Waals surface area contributed by atoms with Gasteiger partial charge >= 0.3 is 6.18 Å². The summed E-state index contributed by atoms with van der Waals surface area (Å²) in [6.07, 6.45) is -4.85. The first-order valence-corrected chi connectivity index (χ1v) is 7.18. The third-order valence-electron chi connectivity index (χ3n) is 2.50. The number of nitrogens with one attached hydrogen (secondary N) is 1. The van der Waals surface area contributed by atoms with E-state index in [1.807, 2.05) is 0 Å². The van der Waals surface area contributed by atoms with Gasteiger partial charge in [-0.1, -0.05) is 0 Å². The summed E-state index contributed by atoms with van der Waals surface area (Å²) in [6, 6.07) is 4.61. The first kappa shape index (κ1) is 18.2. The van der Waals surface area contributed by atoms with Crippen LogP contribution in [0.25, 0.3) is 0 Å². The second-order valence-electron chi connectivity index (χ2n) is 4.10. The minimum Gasteiger partial charge on any atom is -0.497 e. The van der Waals surface area contributed by atoms with Gasteiger partial charge in [0.15, 0.2) is 0 Å². The predicted octanol–water partition coefficient (Wildman–Crippen LogP) is 0.754. The van der Waals surface area contributed by atoms with E-state index >= 15 is 0 Å². The zero-order valence-electron chi connectivity index (χ0n) is 11.3. The fourth-order valence-corrected chi connectivity index (χ4v) is 2.90. The van der Waals surface area contributed by atoms with E-state index in [4.69, 9.17) is 9.94 Å². The maximum Gasteiger partial charge on any atom is 0.402 e. The lowest BCUT2D eigenvalue weighted by atomic mass is 10.3. The summed E-state index contributed by atoms with van der Waals surface area (Å²) in [5.41, 5.74) is 1.09. The van der Waals surface area contributed by atoms with Crippen molar-refractivity contribution in [3.05, 3.63) is 24.3 Å². The normalized spacial score (nSPS) is 12.3. The van der Waals surface area contributed by atoms with Crippen LogP contribution in [-0.2, 0) is 14.8 Å². The summed E-state index contributed by atoms with van der Waals surface area (Å²) >= 11 is 0. The van der Waals surface area contributed by atoms with Crippen molar-refractivity contribution < 1.29 is 36.3 Å². The molecular weight excluding hydrogens is 329 g/mol. The Hall–Kier alpha value is -1.85. The molecule has 11 heteroatoms. The number of hydrogen-bond donors (Lipinski definition) is 2. The van der Waals surface area contributed by atoms with Crippen LogP contribution in [0, 0.1) is 0 Å². The van der Waals surface area contributed by atoms with Crippen molar-refractivity contribution in [1.29, 1.82) is 0 Å². The van der Waals surface area contributed by atoms with Crippen LogP contribution in [0.4, 0.5) is 13.2 Å². The van der Waals surface area contributed by atoms with Gasteiger partial charge in [-0.2, -0.15) is 17.5 Å². The van der Waals surface area contributed by atoms with Crippen LogP contribution < -0.4 is 10.2 Å². The fraction of sp³-hybridized carbons (Fsp3) is 0.364. The number of ether oxygens (including phenoxy) is 1. The molecule has 1 aromatic carbocycles. The van der Waals surface area contributed by atoms with Gasteiger partial charge in [-0.25, -0.2) is 13.9 Å². The highest BCUT2D eigenvalue weighted by Crippen LogP contribution is 2.23. The van der Waals surface area contributed by atoms with Crippen molar-refractivity contribution in [2.24, 2.45) is 0 Å². The molecule has 0 radical (unpaired) electrons. The third-order valence-corrected chi connectivity index (χ3v) is 4.30. The Morgan fingerprint density at radius 1 is 1.32 bits per heavy atom. The van der Waals surface area contributed by atoms with Gasteiger partial charge in [0, 0.05) is 0 Å². The van der Waals surface area contributed by atoms with Crippen LogP contribution in [0.15, 0.2) is 29.2 Å². The second-order valence-corrected chi connectivity index (χ2v) is 6.04. The molecule has 1 rings (SSSR count). The highest BCUT2D eigenvalue weighted by molar-refractivity contribution is 7.89. The highest BCUT2D eigenvalue weighted by atomic mass is 32.2. The van der Waals surface area contributed by atoms with Gasteiger partial charge in [-0.3, -0.25) is 10.0 Å². The maximum atomic E-state index is 12.5. The van der Waals surface area contributed by atoms with Crippen LogP contribution in [0.2, 0.25) is 0 Å². The molecule has 0 unspecified atom stereocenters. The van der Waals surface area contributed by atoms with E-state index in [0.717, 1.165) is 17.6 Å². The number of carbonyl (C=O) groups is 1. The number of nitrogens with zero attached hydrogens (tertiary/aromatic N) is 1. The summed E-state index contributed by atoms with van der Waals surface area (Å²) in [5, 5.41) is 8.37. The number of sulfonamides is 1. The molecule has 0 heterocycles. The van der Waals surface area contributed by atoms with Crippen molar-refractivity contribution in [1.82, 2.24) is 9.79 Å². The molecule has 0 saturated carbocycles. The smallest absolute Gasteiger partial charge is 0.402 e. The van der Waals surface area contributed by atoms with E-state index in [0.29, 0.717) is 5.75 Å². The number of rotatable bonds is 6. The van der Waals surface area contributed by atoms with Gasteiger partial charge in [0.25, 0.3) is 5.91 Å². The third kappa shape index (κ3) is 4.86. The number of amides is 1. The molecule has 0 bridgehead atoms. The quantitative estimate of drug-likeness (QED) is 0.588. The number of carbonyl (C=O) groups excluding carboxylic acids is 1. The van der Waals surface area contributed by atoms with Crippen LogP contribution in [-0.4, -0.2) is 50.2 Å². The minimum atomic E-state index is -4.85. The molecule has 1 aromatic rings. The summed E-state index contributed by atoms with van der Waals surface area (Å²) in [5.74, 6) is -0.976. The van der Waals surface area contributed by atoms with E-state index in [9.17, 15) is 26.4 Å². The second kappa shape index (κ2) is 6.94. The summed E-state index contributed by atoms with van der Waals surface area (Å²) in [6.45, 7) is -3.04. The molecule has 0 atom stereocenters. The lowest BCUT2D eigenvalue weighted by molar-refractivity contribution is -0.142. The van der Waals surface area contributed by atoms with Gasteiger partial charge in [0.2, 0.25) is 10.0 Å². The number of hydroxylamine groups is 1. The molecule has 0 aliphatic carbocycles. The Morgan fingerprint density at radius 3 is 2.27 bits per heavy atom. The minimum absolute atomic E-state index is 0.0830. The fourth-order valence-electron chi connectivity index (χ4n) is 1.52. The van der Waals surface area contributed by atoms with E-state index < -0.39 is 40.1 Å². The first-order valence-electron chi connectivity index (χ1n) is 5.74. The average Bonchev–Trinajstić information content (AvgIpc) is 2.45. The number of halogens is 3. The van der Waals surface area contributed by atoms with Crippen LogP contribution in [0.1, 0.15) is 0 Å². The number of methoxy groups -OCH3 is 1. The molecule has 22 heavy (non-hydrogen) atoms. The van der Waals surface area contributed by atoms with Gasteiger partial charge in [0.05, 0.1) is 18.6 Å². The first-order chi connectivity index (χ1) is 10.1. The molecule has 2 N–H and O–H groups in total. The van der Waals surface area contributed by atoms with Gasteiger partial charge in [-0.15, -0.1) is 0 Å². The zero-order chi connectivity index (χ0) is 17.0. The molecule has 1 amide bonds. The molecule has 0 aliphatic rings. The number of hydrogen-bond acceptors (Lipinski definition) is 5. The Kier molecular flexibility index (Phi) is 5.74. The summed E-state index contributed by atoms with van der Waals surface area (Å²) in [7, 11) is -3.24. The van der Waals surface area contributed by atoms with Crippen LogP contribution in [0.3, 0.4) is 0 Å². The molecule has 0 fully saturated rings. The monoisotopic (exact) mass is 342 g/mol. The highest BCUT2D eigenvalue weighted by Gasteiger charge is 2.38. The predicted molar refractivity (Wildman–Crippen MR) is 67.7 cm³/mol. The molecule has 0 aliphatic heterocycles. The van der Waals surface area contributed by atoms with E-state index in [1.165, 1.54) is 19.2 Å². The van der Waals surface area contributed by atoms with Gasteiger partial charge < -0.3 is 4.74 Å². The summed E-state index contributed by atoms with van der Waals surface area (Å²) in [4.78, 5) is 10.6. The summed E-state index contributed by atoms with van der Waals surface area (Å²) < 4.78 is 66.6. The Balaban J connectivity index is 3.15. The molecular formula is C11H13F3N2O5S. The van der Waals surface area contributed by atoms with E-state index in [-0.39, 0.29) is 4.31 Å². The Bertz CT molecular complexity index is 616. The van der Waals surface area contributed by atoms with Crippen LogP contribution in [0.5, 0.6) is 5.75 Å². The lowest BCUT2D eigenvalue weighted by Crippen LogP contribution is -2.44. The van der Waals surface area contributed by atoms with Crippen molar-refractivity contribution in [3.63, 3.8) is 0 Å². The lowest BCUT2D eigenvalue weighted by Gasteiger charge is -2.22. The molecule has 7 nitrogen and oxygen atoms in total. The zero-order valence-corrected chi connectivity index (χ0v) is 12.1. The van der Waals surface area contributed by atoms with Gasteiger partial charge in [-0.05, 0) is 24.3 Å². The van der Waals surface area contributed by atoms with Crippen molar-refractivity contribution in [2.45, 2.75) is 11.1 Å². The Labute approximate surface area is 124 Å². The van der Waals surface area contributed by atoms with Crippen molar-refractivity contribution in [2.75, 3.05) is 20.2 Å². The van der Waals surface area contributed by atoms with Crippen molar-refractivity contribution >= 4 is 15.9 Å². The van der Waals surface area contributed by atoms with Gasteiger partial charge in [0.1, 0.15) is 12.3 Å². The molecule has 0 spiro atoms. The molecule has 0 aromatic heterocycles. The maximum absolute atomic E-state index is 12.5. The van der Waals surface area contributed by atoms with Crippen LogP contribution >= 0.6 is 0 Å². The Morgan fingerprint density at radius 2 is 1.86 bits per heavy atom. The van der Waals surface area contributed by atoms with Crippen molar-refractivity contribution in [3.8, 4) is 5.75 Å². The van der Waals surface area contributed by atoms with E-state index in [1.54, 1.807) is 0 Å². The SMILES string of the molecule is COc1ccc(S(=O)(=O)N(CC(=O)NO)CC(F)(F)F)cc1. The standard InChI is InChI=1S/C11H13F3N2O5S/c1-21-8-2-4-9(5-3-8)22(19,20)16(6-10(17)15-18)7-11(12,13)14/h2-5,18H,6-7H2,1H3,(H,15,17). The topological polar surface area (TPSA) is 95.9 Å². The largest absolute Gasteiger partial charge is 0.497 e. The molecule has 0 saturated heterocycles. The number of benzene rings is 1. The average molecular weight is 342 g/mol. The molecule has 124 valence electrons. The number of alkyl halides is 3.